The second-order valence-corrected chi connectivity index (χ2v) is 6.58. The molecule has 2 N–H and O–H groups in total. The van der Waals surface area contributed by atoms with E-state index in [1.54, 1.807) is 0 Å². The van der Waals surface area contributed by atoms with E-state index in [4.69, 9.17) is 0 Å². The van der Waals surface area contributed by atoms with Gasteiger partial charge >= 0.3 is 0 Å². The molecule has 120 valence electrons. The Bertz CT molecular complexity index is 601. The highest BCUT2D eigenvalue weighted by Gasteiger charge is 2.23. The Morgan fingerprint density at radius 2 is 2.18 bits per heavy atom. The van der Waals surface area contributed by atoms with Crippen LogP contribution >= 0.6 is 0 Å². The predicted octanol–water partition coefficient (Wildman–Crippen LogP) is 3.06. The molecule has 3 rings (SSSR count). The van der Waals surface area contributed by atoms with Crippen LogP contribution in [-0.2, 0) is 6.54 Å². The maximum absolute atomic E-state index is 9.37. The van der Waals surface area contributed by atoms with Crippen LogP contribution in [0.15, 0.2) is 24.5 Å². The van der Waals surface area contributed by atoms with Crippen molar-refractivity contribution >= 4 is 5.65 Å². The average molecular weight is 301 g/mol. The summed E-state index contributed by atoms with van der Waals surface area (Å²) in [5.41, 5.74) is 3.43. The van der Waals surface area contributed by atoms with Crippen LogP contribution in [0.4, 0.5) is 0 Å². The van der Waals surface area contributed by atoms with E-state index in [0.29, 0.717) is 12.0 Å². The maximum Gasteiger partial charge on any atom is 0.137 e. The van der Waals surface area contributed by atoms with Crippen molar-refractivity contribution in [2.24, 2.45) is 5.92 Å². The molecule has 4 nitrogen and oxygen atoms in total. The first-order chi connectivity index (χ1) is 10.8. The van der Waals surface area contributed by atoms with Gasteiger partial charge in [-0.25, -0.2) is 4.98 Å². The number of nitrogens with one attached hydrogen (secondary N) is 1. The van der Waals surface area contributed by atoms with Gasteiger partial charge in [-0.05, 0) is 49.8 Å². The van der Waals surface area contributed by atoms with Gasteiger partial charge < -0.3 is 14.8 Å². The molecule has 22 heavy (non-hydrogen) atoms. The van der Waals surface area contributed by atoms with E-state index in [9.17, 15) is 5.11 Å². The Balaban J connectivity index is 1.67. The minimum Gasteiger partial charge on any atom is -0.396 e. The SMILES string of the molecule is Cc1ccn2c(CNC(CCO)C3CCCCC3)cnc2c1. The fourth-order valence-corrected chi connectivity index (χ4v) is 3.68. The summed E-state index contributed by atoms with van der Waals surface area (Å²) in [5.74, 6) is 0.710. The van der Waals surface area contributed by atoms with Gasteiger partial charge in [-0.2, -0.15) is 0 Å². The number of hydrogen-bond acceptors (Lipinski definition) is 3. The molecule has 0 aliphatic heterocycles. The molecule has 2 heterocycles. The number of fused-ring (bicyclic) bond motifs is 1. The zero-order valence-electron chi connectivity index (χ0n) is 13.5. The molecule has 1 fully saturated rings. The number of aromatic nitrogens is 2. The number of nitrogens with zero attached hydrogens (tertiary/aromatic N) is 2. The topological polar surface area (TPSA) is 49.6 Å². The average Bonchev–Trinajstić information content (AvgIpc) is 2.94. The Hall–Kier alpha value is -1.39. The van der Waals surface area contributed by atoms with Crippen molar-refractivity contribution in [2.75, 3.05) is 6.61 Å². The molecule has 2 aromatic heterocycles. The molecule has 1 saturated carbocycles. The van der Waals surface area contributed by atoms with Crippen LogP contribution in [0.1, 0.15) is 49.8 Å². The van der Waals surface area contributed by atoms with Crippen molar-refractivity contribution in [3.05, 3.63) is 35.8 Å². The largest absolute Gasteiger partial charge is 0.396 e. The Morgan fingerprint density at radius 1 is 1.36 bits per heavy atom. The van der Waals surface area contributed by atoms with Gasteiger partial charge in [0, 0.05) is 25.4 Å². The minimum absolute atomic E-state index is 0.264. The van der Waals surface area contributed by atoms with E-state index >= 15 is 0 Å². The summed E-state index contributed by atoms with van der Waals surface area (Å²) >= 11 is 0. The molecular formula is C18H27N3O. The fraction of sp³-hybridized carbons (Fsp3) is 0.611. The normalized spacial score (nSPS) is 17.9. The Morgan fingerprint density at radius 3 is 2.95 bits per heavy atom. The van der Waals surface area contributed by atoms with E-state index in [2.05, 4.69) is 40.0 Å². The minimum atomic E-state index is 0.264. The van der Waals surface area contributed by atoms with Crippen LogP contribution in [0.5, 0.6) is 0 Å². The number of aryl methyl sites for hydroxylation is 1. The van der Waals surface area contributed by atoms with Crippen LogP contribution < -0.4 is 5.32 Å². The summed E-state index contributed by atoms with van der Waals surface area (Å²) in [4.78, 5) is 4.49. The first kappa shape index (κ1) is 15.5. The summed E-state index contributed by atoms with van der Waals surface area (Å²) in [7, 11) is 0. The van der Waals surface area contributed by atoms with E-state index < -0.39 is 0 Å². The summed E-state index contributed by atoms with van der Waals surface area (Å²) in [6.07, 6.45) is 11.5. The molecule has 0 spiro atoms. The lowest BCUT2D eigenvalue weighted by Crippen LogP contribution is -2.37. The standard InChI is InChI=1S/C18H27N3O/c1-14-7-9-21-16(13-20-18(21)11-14)12-19-17(8-10-22)15-5-3-2-4-6-15/h7,9,11,13,15,17,19,22H,2-6,8,10,12H2,1H3. The fourth-order valence-electron chi connectivity index (χ4n) is 3.68. The third-order valence-electron chi connectivity index (χ3n) is 4.95. The van der Waals surface area contributed by atoms with E-state index in [0.717, 1.165) is 18.6 Å². The highest BCUT2D eigenvalue weighted by atomic mass is 16.3. The molecule has 0 radical (unpaired) electrons. The quantitative estimate of drug-likeness (QED) is 0.862. The molecule has 0 aromatic carbocycles. The highest BCUT2D eigenvalue weighted by Crippen LogP contribution is 2.28. The van der Waals surface area contributed by atoms with E-state index in [-0.39, 0.29) is 6.61 Å². The number of aliphatic hydroxyl groups is 1. The van der Waals surface area contributed by atoms with Gasteiger partial charge in [-0.3, -0.25) is 0 Å². The Labute approximate surface area is 132 Å². The summed E-state index contributed by atoms with van der Waals surface area (Å²) in [5, 5.41) is 13.0. The first-order valence-corrected chi connectivity index (χ1v) is 8.55. The monoisotopic (exact) mass is 301 g/mol. The van der Waals surface area contributed by atoms with Crippen LogP contribution in [0.2, 0.25) is 0 Å². The second-order valence-electron chi connectivity index (χ2n) is 6.58. The lowest BCUT2D eigenvalue weighted by atomic mass is 9.83. The van der Waals surface area contributed by atoms with Gasteiger partial charge in [0.2, 0.25) is 0 Å². The summed E-state index contributed by atoms with van der Waals surface area (Å²) < 4.78 is 2.15. The molecule has 0 bridgehead atoms. The molecule has 1 atom stereocenters. The van der Waals surface area contributed by atoms with Crippen LogP contribution in [0.25, 0.3) is 5.65 Å². The zero-order valence-corrected chi connectivity index (χ0v) is 13.5. The molecule has 2 aromatic rings. The van der Waals surface area contributed by atoms with Gasteiger partial charge in [-0.1, -0.05) is 19.3 Å². The van der Waals surface area contributed by atoms with Crippen molar-refractivity contribution in [2.45, 2.75) is 58.0 Å². The number of aliphatic hydroxyl groups excluding tert-OH is 1. The first-order valence-electron chi connectivity index (χ1n) is 8.55. The molecule has 1 unspecified atom stereocenters. The zero-order chi connectivity index (χ0) is 15.4. The van der Waals surface area contributed by atoms with Crippen LogP contribution in [0.3, 0.4) is 0 Å². The Kier molecular flexibility index (Phi) is 5.11. The van der Waals surface area contributed by atoms with Crippen LogP contribution in [-0.4, -0.2) is 27.1 Å². The summed E-state index contributed by atoms with van der Waals surface area (Å²) in [6.45, 7) is 3.17. The maximum atomic E-state index is 9.37. The number of imidazole rings is 1. The lowest BCUT2D eigenvalue weighted by molar-refractivity contribution is 0.205. The number of pyridine rings is 1. The molecule has 1 aliphatic carbocycles. The summed E-state index contributed by atoms with van der Waals surface area (Å²) in [6, 6.07) is 4.64. The van der Waals surface area contributed by atoms with Crippen LogP contribution in [0, 0.1) is 12.8 Å². The van der Waals surface area contributed by atoms with E-state index in [1.807, 2.05) is 6.20 Å². The smallest absolute Gasteiger partial charge is 0.137 e. The third-order valence-corrected chi connectivity index (χ3v) is 4.95. The molecule has 0 saturated heterocycles. The van der Waals surface area contributed by atoms with Crippen molar-refractivity contribution in [3.8, 4) is 0 Å². The molecule has 0 amide bonds. The van der Waals surface area contributed by atoms with Crippen molar-refractivity contribution in [1.29, 1.82) is 0 Å². The van der Waals surface area contributed by atoms with Gasteiger partial charge in [0.1, 0.15) is 5.65 Å². The van der Waals surface area contributed by atoms with Gasteiger partial charge in [0.15, 0.2) is 0 Å². The second kappa shape index (κ2) is 7.25. The predicted molar refractivity (Wildman–Crippen MR) is 88.8 cm³/mol. The number of rotatable bonds is 6. The van der Waals surface area contributed by atoms with E-state index in [1.165, 1.54) is 43.4 Å². The van der Waals surface area contributed by atoms with Gasteiger partial charge in [-0.15, -0.1) is 0 Å². The van der Waals surface area contributed by atoms with Gasteiger partial charge in [0.05, 0.1) is 11.9 Å². The third kappa shape index (κ3) is 3.50. The lowest BCUT2D eigenvalue weighted by Gasteiger charge is -2.30. The molecular weight excluding hydrogens is 274 g/mol. The van der Waals surface area contributed by atoms with Crippen molar-refractivity contribution in [1.82, 2.24) is 14.7 Å². The number of hydrogen-bond donors (Lipinski definition) is 2. The van der Waals surface area contributed by atoms with Gasteiger partial charge in [0.25, 0.3) is 0 Å². The highest BCUT2D eigenvalue weighted by molar-refractivity contribution is 5.42. The molecule has 4 heteroatoms. The van der Waals surface area contributed by atoms with Crippen molar-refractivity contribution < 1.29 is 5.11 Å². The molecule has 1 aliphatic rings. The van der Waals surface area contributed by atoms with Crippen molar-refractivity contribution in [3.63, 3.8) is 0 Å².